The third-order valence-corrected chi connectivity index (χ3v) is 6.13. The molecule has 0 atom stereocenters. The maximum Gasteiger partial charge on any atom is 0.321 e. The number of hydrogen-bond donors (Lipinski definition) is 2. The standard InChI is InChI=1S/C15H19BrCl2N2O5S/c1-3-10(4-2)20-13(21)8-25-14(22)7-19-26(23,24)15-11(17)5-9(16)6-12(15)18/h5-6,10,19H,3-4,7-8H2,1-2H3,(H,20,21). The van der Waals surface area contributed by atoms with Gasteiger partial charge < -0.3 is 10.1 Å². The van der Waals surface area contributed by atoms with E-state index in [1.165, 1.54) is 12.1 Å². The Morgan fingerprint density at radius 1 is 1.19 bits per heavy atom. The van der Waals surface area contributed by atoms with Crippen molar-refractivity contribution in [1.82, 2.24) is 10.0 Å². The van der Waals surface area contributed by atoms with E-state index >= 15 is 0 Å². The Labute approximate surface area is 170 Å². The van der Waals surface area contributed by atoms with Crippen LogP contribution in [-0.2, 0) is 24.3 Å². The predicted molar refractivity (Wildman–Crippen MR) is 103 cm³/mol. The summed E-state index contributed by atoms with van der Waals surface area (Å²) >= 11 is 15.0. The molecule has 11 heteroatoms. The summed E-state index contributed by atoms with van der Waals surface area (Å²) in [5.41, 5.74) is 0. The average Bonchev–Trinajstić information content (AvgIpc) is 2.54. The van der Waals surface area contributed by atoms with Gasteiger partial charge >= 0.3 is 5.97 Å². The Morgan fingerprint density at radius 2 is 1.73 bits per heavy atom. The average molecular weight is 490 g/mol. The molecule has 0 saturated carbocycles. The molecule has 0 aromatic heterocycles. The first-order valence-corrected chi connectivity index (χ1v) is 10.7. The maximum absolute atomic E-state index is 12.3. The number of ether oxygens (including phenoxy) is 1. The molecular formula is C15H19BrCl2N2O5S. The molecule has 0 fully saturated rings. The maximum atomic E-state index is 12.3. The molecule has 0 heterocycles. The molecule has 0 aliphatic rings. The van der Waals surface area contributed by atoms with E-state index in [9.17, 15) is 18.0 Å². The van der Waals surface area contributed by atoms with Crippen LogP contribution in [0.5, 0.6) is 0 Å². The van der Waals surface area contributed by atoms with Crippen molar-refractivity contribution in [3.63, 3.8) is 0 Å². The van der Waals surface area contributed by atoms with Crippen LogP contribution in [0.3, 0.4) is 0 Å². The van der Waals surface area contributed by atoms with E-state index < -0.39 is 35.1 Å². The molecule has 0 unspecified atom stereocenters. The van der Waals surface area contributed by atoms with Crippen LogP contribution < -0.4 is 10.0 Å². The van der Waals surface area contributed by atoms with Crippen molar-refractivity contribution < 1.29 is 22.7 Å². The van der Waals surface area contributed by atoms with Crippen molar-refractivity contribution >= 4 is 61.0 Å². The Bertz CT molecular complexity index is 746. The number of carbonyl (C=O) groups excluding carboxylic acids is 2. The summed E-state index contributed by atoms with van der Waals surface area (Å²) in [6, 6.07) is 2.73. The van der Waals surface area contributed by atoms with Gasteiger partial charge in [-0.15, -0.1) is 0 Å². The molecule has 1 aromatic carbocycles. The lowest BCUT2D eigenvalue weighted by molar-refractivity contribution is -0.147. The lowest BCUT2D eigenvalue weighted by Crippen LogP contribution is -2.38. The summed E-state index contributed by atoms with van der Waals surface area (Å²) in [7, 11) is -4.14. The van der Waals surface area contributed by atoms with Crippen molar-refractivity contribution in [3.05, 3.63) is 26.7 Å². The largest absolute Gasteiger partial charge is 0.455 e. The second-order valence-electron chi connectivity index (χ2n) is 5.26. The zero-order chi connectivity index (χ0) is 19.9. The Hall–Kier alpha value is -0.870. The van der Waals surface area contributed by atoms with Gasteiger partial charge in [0.05, 0.1) is 10.0 Å². The fourth-order valence-electron chi connectivity index (χ4n) is 1.97. The number of rotatable bonds is 9. The SMILES string of the molecule is CCC(CC)NC(=O)COC(=O)CNS(=O)(=O)c1c(Cl)cc(Br)cc1Cl. The minimum absolute atomic E-state index is 0.00129. The molecule has 0 bridgehead atoms. The number of benzene rings is 1. The first kappa shape index (κ1) is 23.2. The molecule has 146 valence electrons. The monoisotopic (exact) mass is 488 g/mol. The summed E-state index contributed by atoms with van der Waals surface area (Å²) in [5.74, 6) is -1.36. The van der Waals surface area contributed by atoms with Crippen LogP contribution in [0.2, 0.25) is 10.0 Å². The summed E-state index contributed by atoms with van der Waals surface area (Å²) < 4.78 is 31.8. The van der Waals surface area contributed by atoms with Gasteiger partial charge in [-0.3, -0.25) is 9.59 Å². The lowest BCUT2D eigenvalue weighted by Gasteiger charge is -2.14. The first-order chi connectivity index (χ1) is 12.1. The number of nitrogens with one attached hydrogen (secondary N) is 2. The summed E-state index contributed by atoms with van der Waals surface area (Å²) in [6.07, 6.45) is 1.51. The number of carbonyl (C=O) groups is 2. The van der Waals surface area contributed by atoms with E-state index in [1.807, 2.05) is 18.6 Å². The molecule has 1 rings (SSSR count). The number of halogens is 3. The van der Waals surface area contributed by atoms with Crippen LogP contribution in [0, 0.1) is 0 Å². The van der Waals surface area contributed by atoms with Crippen LogP contribution >= 0.6 is 39.1 Å². The first-order valence-electron chi connectivity index (χ1n) is 7.69. The molecule has 0 radical (unpaired) electrons. The Balaban J connectivity index is 2.60. The fraction of sp³-hybridized carbons (Fsp3) is 0.467. The molecule has 1 aromatic rings. The zero-order valence-electron chi connectivity index (χ0n) is 14.1. The van der Waals surface area contributed by atoms with E-state index in [0.29, 0.717) is 4.47 Å². The van der Waals surface area contributed by atoms with Gasteiger partial charge in [-0.05, 0) is 25.0 Å². The Kier molecular flexibility index (Phi) is 9.32. The molecule has 0 aliphatic carbocycles. The quantitative estimate of drug-likeness (QED) is 0.519. The van der Waals surface area contributed by atoms with Crippen molar-refractivity contribution in [2.45, 2.75) is 37.6 Å². The predicted octanol–water partition coefficient (Wildman–Crippen LogP) is 2.88. The molecule has 7 nitrogen and oxygen atoms in total. The molecular weight excluding hydrogens is 471 g/mol. The van der Waals surface area contributed by atoms with Gasteiger partial charge in [-0.25, -0.2) is 8.42 Å². The normalized spacial score (nSPS) is 11.5. The zero-order valence-corrected chi connectivity index (χ0v) is 18.1. The second-order valence-corrected chi connectivity index (χ2v) is 8.70. The van der Waals surface area contributed by atoms with Crippen molar-refractivity contribution in [2.24, 2.45) is 0 Å². The number of amides is 1. The smallest absolute Gasteiger partial charge is 0.321 e. The number of esters is 1. The van der Waals surface area contributed by atoms with Gasteiger partial charge in [-0.1, -0.05) is 53.0 Å². The third-order valence-electron chi connectivity index (χ3n) is 3.35. The van der Waals surface area contributed by atoms with Crippen molar-refractivity contribution in [1.29, 1.82) is 0 Å². The van der Waals surface area contributed by atoms with E-state index in [0.717, 1.165) is 12.8 Å². The van der Waals surface area contributed by atoms with Gasteiger partial charge in [0.25, 0.3) is 5.91 Å². The van der Waals surface area contributed by atoms with Crippen LogP contribution in [-0.4, -0.2) is 39.5 Å². The van der Waals surface area contributed by atoms with E-state index in [-0.39, 0.29) is 21.0 Å². The summed E-state index contributed by atoms with van der Waals surface area (Å²) in [4.78, 5) is 23.0. The third kappa shape index (κ3) is 7.03. The van der Waals surface area contributed by atoms with Crippen molar-refractivity contribution in [3.8, 4) is 0 Å². The van der Waals surface area contributed by atoms with Crippen LogP contribution in [0.4, 0.5) is 0 Å². The molecule has 0 spiro atoms. The lowest BCUT2D eigenvalue weighted by atomic mass is 10.2. The van der Waals surface area contributed by atoms with E-state index in [1.54, 1.807) is 0 Å². The van der Waals surface area contributed by atoms with Crippen LogP contribution in [0.15, 0.2) is 21.5 Å². The van der Waals surface area contributed by atoms with Gasteiger partial charge in [0, 0.05) is 10.5 Å². The summed E-state index contributed by atoms with van der Waals surface area (Å²) in [5, 5.41) is 2.49. The number of hydrogen-bond acceptors (Lipinski definition) is 5. The second kappa shape index (κ2) is 10.5. The highest BCUT2D eigenvalue weighted by Crippen LogP contribution is 2.32. The van der Waals surface area contributed by atoms with Crippen LogP contribution in [0.25, 0.3) is 0 Å². The highest BCUT2D eigenvalue weighted by atomic mass is 79.9. The fourth-order valence-corrected chi connectivity index (χ4v) is 4.87. The number of sulfonamides is 1. The molecule has 26 heavy (non-hydrogen) atoms. The van der Waals surface area contributed by atoms with Gasteiger partial charge in [0.15, 0.2) is 6.61 Å². The molecule has 1 amide bonds. The van der Waals surface area contributed by atoms with Crippen LogP contribution in [0.1, 0.15) is 26.7 Å². The topological polar surface area (TPSA) is 102 Å². The minimum Gasteiger partial charge on any atom is -0.455 e. The van der Waals surface area contributed by atoms with Gasteiger partial charge in [-0.2, -0.15) is 4.72 Å². The molecule has 0 aliphatic heterocycles. The highest BCUT2D eigenvalue weighted by Gasteiger charge is 2.23. The van der Waals surface area contributed by atoms with E-state index in [4.69, 9.17) is 27.9 Å². The van der Waals surface area contributed by atoms with E-state index in [2.05, 4.69) is 21.2 Å². The Morgan fingerprint density at radius 3 is 2.23 bits per heavy atom. The van der Waals surface area contributed by atoms with Gasteiger partial charge in [0.1, 0.15) is 11.4 Å². The van der Waals surface area contributed by atoms with Crippen molar-refractivity contribution in [2.75, 3.05) is 13.2 Å². The molecule has 0 saturated heterocycles. The highest BCUT2D eigenvalue weighted by molar-refractivity contribution is 9.10. The minimum atomic E-state index is -4.14. The molecule has 2 N–H and O–H groups in total. The summed E-state index contributed by atoms with van der Waals surface area (Å²) in [6.45, 7) is 2.70. The van der Waals surface area contributed by atoms with Gasteiger partial charge in [0.2, 0.25) is 10.0 Å².